The Morgan fingerprint density at radius 1 is 1.41 bits per heavy atom. The fourth-order valence-electron chi connectivity index (χ4n) is 3.26. The smallest absolute Gasteiger partial charge is 0.337 e. The second-order valence-electron chi connectivity index (χ2n) is 5.94. The average Bonchev–Trinajstić information content (AvgIpc) is 2.87. The molecule has 0 atom stereocenters. The Kier molecular flexibility index (Phi) is 3.65. The van der Waals surface area contributed by atoms with Crippen LogP contribution in [0.2, 0.25) is 0 Å². The Balaban J connectivity index is 1.97. The molecule has 1 fully saturated rings. The topological polar surface area (TPSA) is 83.9 Å². The molecule has 1 aliphatic carbocycles. The average molecular weight is 325 g/mol. The monoisotopic (exact) mass is 325 g/mol. The van der Waals surface area contributed by atoms with Gasteiger partial charge in [0.05, 0.1) is 22.6 Å². The van der Waals surface area contributed by atoms with E-state index >= 15 is 0 Å². The number of rotatable bonds is 5. The third-order valence-corrected chi connectivity index (χ3v) is 6.59. The summed E-state index contributed by atoms with van der Waals surface area (Å²) in [7, 11) is -2.08. The maximum atomic E-state index is 12.8. The predicted molar refractivity (Wildman–Crippen MR) is 81.8 cm³/mol. The largest absolute Gasteiger partial charge is 0.478 e. The molecule has 1 saturated carbocycles. The van der Waals surface area contributed by atoms with Crippen LogP contribution in [-0.2, 0) is 21.2 Å². The van der Waals surface area contributed by atoms with Crippen molar-refractivity contribution in [3.05, 3.63) is 29.3 Å². The number of aromatic carboxylic acids is 1. The van der Waals surface area contributed by atoms with Crippen molar-refractivity contribution in [3.63, 3.8) is 0 Å². The summed E-state index contributed by atoms with van der Waals surface area (Å²) in [6.07, 6.45) is 2.95. The van der Waals surface area contributed by atoms with Crippen LogP contribution in [0.4, 0.5) is 5.69 Å². The van der Waals surface area contributed by atoms with Gasteiger partial charge in [-0.3, -0.25) is 4.31 Å². The molecule has 1 heterocycles. The number of carboxylic acid groups (broad SMARTS) is 1. The number of sulfonamides is 1. The standard InChI is InChI=1S/C15H19NO5S/c1-21-15(7-3-8-15)10-22(19,20)16-9-6-11-4-2-5-12(13(11)16)14(17)18/h2,4-5H,3,6-10H2,1H3,(H,17,18). The molecule has 0 saturated heterocycles. The van der Waals surface area contributed by atoms with E-state index in [1.54, 1.807) is 12.1 Å². The number of methoxy groups -OCH3 is 1. The Hall–Kier alpha value is -1.60. The Morgan fingerprint density at radius 3 is 2.68 bits per heavy atom. The molecule has 6 nitrogen and oxygen atoms in total. The zero-order chi connectivity index (χ0) is 16.0. The fraction of sp³-hybridized carbons (Fsp3) is 0.533. The van der Waals surface area contributed by atoms with Gasteiger partial charge in [-0.05, 0) is 37.3 Å². The molecular formula is C15H19NO5S. The van der Waals surface area contributed by atoms with Gasteiger partial charge in [0.2, 0.25) is 10.0 Å². The van der Waals surface area contributed by atoms with Gasteiger partial charge in [-0.15, -0.1) is 0 Å². The summed E-state index contributed by atoms with van der Waals surface area (Å²) in [6, 6.07) is 4.89. The van der Waals surface area contributed by atoms with E-state index in [2.05, 4.69) is 0 Å². The highest BCUT2D eigenvalue weighted by Gasteiger charge is 2.44. The highest BCUT2D eigenvalue weighted by molar-refractivity contribution is 7.92. The minimum atomic E-state index is -3.62. The molecule has 22 heavy (non-hydrogen) atoms. The van der Waals surface area contributed by atoms with Crippen molar-refractivity contribution < 1.29 is 23.1 Å². The number of anilines is 1. The minimum absolute atomic E-state index is 0.0404. The van der Waals surface area contributed by atoms with Crippen LogP contribution < -0.4 is 4.31 Å². The molecular weight excluding hydrogens is 306 g/mol. The van der Waals surface area contributed by atoms with E-state index in [-0.39, 0.29) is 11.3 Å². The Morgan fingerprint density at radius 2 is 2.14 bits per heavy atom. The first-order valence-electron chi connectivity index (χ1n) is 7.29. The predicted octanol–water partition coefficient (Wildman–Crippen LogP) is 1.65. The molecule has 0 radical (unpaired) electrons. The lowest BCUT2D eigenvalue weighted by Gasteiger charge is -2.41. The molecule has 0 unspecified atom stereocenters. The zero-order valence-electron chi connectivity index (χ0n) is 12.4. The summed E-state index contributed by atoms with van der Waals surface area (Å²) < 4.78 is 32.2. The number of benzene rings is 1. The quantitative estimate of drug-likeness (QED) is 0.890. The summed E-state index contributed by atoms with van der Waals surface area (Å²) in [5.41, 5.74) is 0.516. The Bertz CT molecular complexity index is 703. The van der Waals surface area contributed by atoms with Crippen molar-refractivity contribution in [1.29, 1.82) is 0 Å². The lowest BCUT2D eigenvalue weighted by atomic mass is 9.82. The zero-order valence-corrected chi connectivity index (χ0v) is 13.2. The molecule has 2 aliphatic rings. The number of para-hydroxylation sites is 1. The first kappa shape index (κ1) is 15.3. The second kappa shape index (κ2) is 5.24. The molecule has 1 aliphatic heterocycles. The van der Waals surface area contributed by atoms with Crippen LogP contribution in [-0.4, -0.2) is 44.5 Å². The second-order valence-corrected chi connectivity index (χ2v) is 7.83. The first-order chi connectivity index (χ1) is 10.4. The van der Waals surface area contributed by atoms with Crippen LogP contribution in [0.5, 0.6) is 0 Å². The van der Waals surface area contributed by atoms with E-state index in [9.17, 15) is 18.3 Å². The summed E-state index contributed by atoms with van der Waals surface area (Å²) >= 11 is 0. The molecule has 1 aromatic carbocycles. The van der Waals surface area contributed by atoms with E-state index in [0.29, 0.717) is 18.7 Å². The first-order valence-corrected chi connectivity index (χ1v) is 8.90. The molecule has 1 N–H and O–H groups in total. The van der Waals surface area contributed by atoms with E-state index in [4.69, 9.17) is 4.74 Å². The third-order valence-electron chi connectivity index (χ3n) is 4.66. The summed E-state index contributed by atoms with van der Waals surface area (Å²) in [5, 5.41) is 9.32. The van der Waals surface area contributed by atoms with Gasteiger partial charge in [0.15, 0.2) is 0 Å². The molecule has 0 bridgehead atoms. The number of nitrogens with zero attached hydrogens (tertiary/aromatic N) is 1. The van der Waals surface area contributed by atoms with E-state index in [0.717, 1.165) is 24.8 Å². The molecule has 3 rings (SSSR count). The van der Waals surface area contributed by atoms with Gasteiger partial charge in [-0.25, -0.2) is 13.2 Å². The summed E-state index contributed by atoms with van der Waals surface area (Å²) in [5.74, 6) is -1.20. The number of carboxylic acids is 1. The van der Waals surface area contributed by atoms with Gasteiger partial charge in [0.1, 0.15) is 0 Å². The maximum absolute atomic E-state index is 12.8. The van der Waals surface area contributed by atoms with E-state index in [1.807, 2.05) is 0 Å². The SMILES string of the molecule is COC1(CS(=O)(=O)N2CCc3cccc(C(=O)O)c32)CCC1. The van der Waals surface area contributed by atoms with Crippen molar-refractivity contribution in [1.82, 2.24) is 0 Å². The van der Waals surface area contributed by atoms with Crippen molar-refractivity contribution in [2.75, 3.05) is 23.7 Å². The van der Waals surface area contributed by atoms with Gasteiger partial charge in [0.25, 0.3) is 0 Å². The van der Waals surface area contributed by atoms with E-state index in [1.165, 1.54) is 17.5 Å². The third kappa shape index (κ3) is 2.38. The van der Waals surface area contributed by atoms with Crippen LogP contribution in [0.15, 0.2) is 18.2 Å². The summed E-state index contributed by atoms with van der Waals surface area (Å²) in [6.45, 7) is 0.293. The van der Waals surface area contributed by atoms with Crippen LogP contribution in [0.3, 0.4) is 0 Å². The van der Waals surface area contributed by atoms with Crippen LogP contribution in [0.1, 0.15) is 35.2 Å². The normalized spacial score (nSPS) is 19.6. The van der Waals surface area contributed by atoms with Crippen molar-refractivity contribution in [2.24, 2.45) is 0 Å². The lowest BCUT2D eigenvalue weighted by molar-refractivity contribution is -0.0525. The number of ether oxygens (including phenoxy) is 1. The minimum Gasteiger partial charge on any atom is -0.478 e. The Labute approximate surface area is 129 Å². The number of carbonyl (C=O) groups is 1. The highest BCUT2D eigenvalue weighted by atomic mass is 32.2. The maximum Gasteiger partial charge on any atom is 0.337 e. The highest BCUT2D eigenvalue weighted by Crippen LogP contribution is 2.40. The molecule has 1 aromatic rings. The molecule has 0 amide bonds. The molecule has 0 aromatic heterocycles. The molecule has 0 spiro atoms. The molecule has 7 heteroatoms. The molecule has 120 valence electrons. The summed E-state index contributed by atoms with van der Waals surface area (Å²) in [4.78, 5) is 11.4. The number of fused-ring (bicyclic) bond motifs is 1. The lowest BCUT2D eigenvalue weighted by Crippen LogP contribution is -2.49. The van der Waals surface area contributed by atoms with Crippen molar-refractivity contribution in [2.45, 2.75) is 31.3 Å². The fourth-order valence-corrected chi connectivity index (χ4v) is 5.35. The van der Waals surface area contributed by atoms with Crippen LogP contribution >= 0.6 is 0 Å². The van der Waals surface area contributed by atoms with Gasteiger partial charge in [-0.2, -0.15) is 0 Å². The van der Waals surface area contributed by atoms with Crippen LogP contribution in [0.25, 0.3) is 0 Å². The van der Waals surface area contributed by atoms with Gasteiger partial charge in [-0.1, -0.05) is 12.1 Å². The van der Waals surface area contributed by atoms with Crippen molar-refractivity contribution in [3.8, 4) is 0 Å². The number of hydrogen-bond acceptors (Lipinski definition) is 4. The van der Waals surface area contributed by atoms with Gasteiger partial charge in [0, 0.05) is 13.7 Å². The van der Waals surface area contributed by atoms with E-state index < -0.39 is 21.6 Å². The number of hydrogen-bond donors (Lipinski definition) is 1. The van der Waals surface area contributed by atoms with Gasteiger partial charge >= 0.3 is 5.97 Å². The van der Waals surface area contributed by atoms with Crippen LogP contribution in [0, 0.1) is 0 Å². The van der Waals surface area contributed by atoms with Gasteiger partial charge < -0.3 is 9.84 Å². The van der Waals surface area contributed by atoms with Crippen molar-refractivity contribution >= 4 is 21.7 Å².